The van der Waals surface area contributed by atoms with E-state index in [1.54, 1.807) is 0 Å². The molecule has 0 unspecified atom stereocenters. The zero-order valence-electron chi connectivity index (χ0n) is 10.8. The first-order valence-electron chi connectivity index (χ1n) is 6.05. The number of hydrogen-bond acceptors (Lipinski definition) is 4. The first kappa shape index (κ1) is 13.9. The fourth-order valence-electron chi connectivity index (χ4n) is 2.37. The van der Waals surface area contributed by atoms with E-state index < -0.39 is 18.9 Å². The summed E-state index contributed by atoms with van der Waals surface area (Å²) in [7, 11) is -1.84. The van der Waals surface area contributed by atoms with Crippen molar-refractivity contribution < 1.29 is 27.6 Å². The zero-order chi connectivity index (χ0) is 15.4. The Labute approximate surface area is 117 Å². The van der Waals surface area contributed by atoms with E-state index >= 15 is 0 Å². The van der Waals surface area contributed by atoms with Crippen molar-refractivity contribution in [3.63, 3.8) is 0 Å². The van der Waals surface area contributed by atoms with Crippen LogP contribution in [0.1, 0.15) is 11.3 Å². The van der Waals surface area contributed by atoms with Crippen LogP contribution in [0.4, 0.5) is 13.2 Å². The van der Waals surface area contributed by atoms with Gasteiger partial charge in [0.1, 0.15) is 5.58 Å². The SMILES string of the molecule is Cc1cc(C(F)(F)F)c2c(n1)oc1c(B(O)O)cccc12. The summed E-state index contributed by atoms with van der Waals surface area (Å²) in [6, 6.07) is 5.18. The van der Waals surface area contributed by atoms with Crippen LogP contribution in [0.5, 0.6) is 0 Å². The smallest absolute Gasteiger partial charge is 0.438 e. The lowest BCUT2D eigenvalue weighted by Crippen LogP contribution is -2.29. The number of alkyl halides is 3. The molecule has 4 nitrogen and oxygen atoms in total. The second-order valence-corrected chi connectivity index (χ2v) is 4.69. The number of aromatic nitrogens is 1. The van der Waals surface area contributed by atoms with Crippen LogP contribution >= 0.6 is 0 Å². The molecule has 2 aromatic heterocycles. The topological polar surface area (TPSA) is 66.5 Å². The van der Waals surface area contributed by atoms with E-state index in [0.29, 0.717) is 0 Å². The van der Waals surface area contributed by atoms with Crippen LogP contribution in [0.2, 0.25) is 0 Å². The monoisotopic (exact) mass is 295 g/mol. The minimum atomic E-state index is -4.56. The molecule has 108 valence electrons. The number of aryl methyl sites for hydroxylation is 1. The van der Waals surface area contributed by atoms with Crippen LogP contribution < -0.4 is 5.46 Å². The van der Waals surface area contributed by atoms with E-state index in [1.807, 2.05) is 0 Å². The van der Waals surface area contributed by atoms with Crippen LogP contribution in [0, 0.1) is 6.92 Å². The molecule has 0 radical (unpaired) electrons. The van der Waals surface area contributed by atoms with E-state index in [0.717, 1.165) is 6.07 Å². The Balaban J connectivity index is 2.51. The van der Waals surface area contributed by atoms with Crippen molar-refractivity contribution >= 4 is 34.7 Å². The number of halogens is 3. The van der Waals surface area contributed by atoms with Crippen LogP contribution in [0.3, 0.4) is 0 Å². The molecule has 0 spiro atoms. The third kappa shape index (κ3) is 2.16. The largest absolute Gasteiger partial charge is 0.492 e. The third-order valence-electron chi connectivity index (χ3n) is 3.21. The van der Waals surface area contributed by atoms with E-state index in [2.05, 4.69) is 4.98 Å². The Kier molecular flexibility index (Phi) is 2.96. The fraction of sp³-hybridized carbons (Fsp3) is 0.154. The Morgan fingerprint density at radius 1 is 1.24 bits per heavy atom. The standard InChI is InChI=1S/C13H9BF3NO3/c1-6-5-8(13(15,16)17)10-7-3-2-4-9(14(19)20)11(7)21-12(10)18-6/h2-5,19-20H,1H3. The average molecular weight is 295 g/mol. The normalized spacial score (nSPS) is 12.3. The summed E-state index contributed by atoms with van der Waals surface area (Å²) in [5.74, 6) is 0. The van der Waals surface area contributed by atoms with E-state index in [4.69, 9.17) is 4.42 Å². The predicted octanol–water partition coefficient (Wildman–Crippen LogP) is 1.99. The lowest BCUT2D eigenvalue weighted by Gasteiger charge is -2.08. The molecule has 0 aliphatic rings. The van der Waals surface area contributed by atoms with Gasteiger partial charge in [-0.25, -0.2) is 4.98 Å². The first-order valence-corrected chi connectivity index (χ1v) is 6.05. The highest BCUT2D eigenvalue weighted by Gasteiger charge is 2.35. The molecule has 3 aromatic rings. The van der Waals surface area contributed by atoms with Gasteiger partial charge in [0.25, 0.3) is 0 Å². The van der Waals surface area contributed by atoms with Crippen molar-refractivity contribution in [3.05, 3.63) is 35.5 Å². The van der Waals surface area contributed by atoms with Gasteiger partial charge in [-0.1, -0.05) is 18.2 Å². The van der Waals surface area contributed by atoms with E-state index in [-0.39, 0.29) is 33.2 Å². The molecular formula is C13H9BF3NO3. The molecule has 1 aromatic carbocycles. The lowest BCUT2D eigenvalue weighted by atomic mass is 9.79. The number of rotatable bonds is 1. The molecular weight excluding hydrogens is 286 g/mol. The highest BCUT2D eigenvalue weighted by Crippen LogP contribution is 2.39. The Hall–Kier alpha value is -2.06. The molecule has 0 atom stereocenters. The molecule has 0 aliphatic heterocycles. The van der Waals surface area contributed by atoms with Gasteiger partial charge in [0.2, 0.25) is 5.71 Å². The van der Waals surface area contributed by atoms with Gasteiger partial charge in [-0.15, -0.1) is 0 Å². The highest BCUT2D eigenvalue weighted by molar-refractivity contribution is 6.61. The van der Waals surface area contributed by atoms with Crippen LogP contribution in [-0.2, 0) is 6.18 Å². The van der Waals surface area contributed by atoms with E-state index in [1.165, 1.54) is 25.1 Å². The third-order valence-corrected chi connectivity index (χ3v) is 3.21. The number of fused-ring (bicyclic) bond motifs is 3. The molecule has 2 heterocycles. The Morgan fingerprint density at radius 2 is 1.95 bits per heavy atom. The van der Waals surface area contributed by atoms with Gasteiger partial charge in [-0.2, -0.15) is 13.2 Å². The highest BCUT2D eigenvalue weighted by atomic mass is 19.4. The van der Waals surface area contributed by atoms with Crippen LogP contribution in [0.25, 0.3) is 22.1 Å². The summed E-state index contributed by atoms with van der Waals surface area (Å²) in [5.41, 5.74) is -0.874. The van der Waals surface area contributed by atoms with Crippen molar-refractivity contribution in [1.82, 2.24) is 4.98 Å². The van der Waals surface area contributed by atoms with Crippen molar-refractivity contribution in [2.45, 2.75) is 13.1 Å². The Bertz CT molecular complexity index is 842. The minimum Gasteiger partial charge on any atom is -0.438 e. The summed E-state index contributed by atoms with van der Waals surface area (Å²) in [4.78, 5) is 3.96. The molecule has 0 saturated carbocycles. The number of hydrogen-bond donors (Lipinski definition) is 2. The van der Waals surface area contributed by atoms with Crippen LogP contribution in [-0.4, -0.2) is 22.2 Å². The summed E-state index contributed by atoms with van der Waals surface area (Å²) in [6.45, 7) is 1.43. The molecule has 2 N–H and O–H groups in total. The molecule has 3 rings (SSSR count). The number of furan rings is 1. The molecule has 0 amide bonds. The minimum absolute atomic E-state index is 0.00345. The fourth-order valence-corrected chi connectivity index (χ4v) is 2.37. The second kappa shape index (κ2) is 4.47. The van der Waals surface area contributed by atoms with Gasteiger partial charge < -0.3 is 14.5 Å². The molecule has 0 bridgehead atoms. The van der Waals surface area contributed by atoms with Gasteiger partial charge in [0.05, 0.1) is 10.9 Å². The number of nitrogens with zero attached hydrogens (tertiary/aromatic N) is 1. The quantitative estimate of drug-likeness (QED) is 0.674. The Morgan fingerprint density at radius 3 is 2.57 bits per heavy atom. The maximum absolute atomic E-state index is 13.2. The zero-order valence-corrected chi connectivity index (χ0v) is 10.8. The lowest BCUT2D eigenvalue weighted by molar-refractivity contribution is -0.136. The van der Waals surface area contributed by atoms with Gasteiger partial charge in [-0.3, -0.25) is 0 Å². The molecule has 0 aliphatic carbocycles. The van der Waals surface area contributed by atoms with Crippen molar-refractivity contribution in [1.29, 1.82) is 0 Å². The summed E-state index contributed by atoms with van der Waals surface area (Å²) in [5, 5.41) is 18.5. The molecule has 0 saturated heterocycles. The summed E-state index contributed by atoms with van der Waals surface area (Å²) in [6.07, 6.45) is -4.56. The average Bonchev–Trinajstić information content (AvgIpc) is 2.73. The van der Waals surface area contributed by atoms with Crippen LogP contribution in [0.15, 0.2) is 28.7 Å². The predicted molar refractivity (Wildman–Crippen MR) is 71.1 cm³/mol. The van der Waals surface area contributed by atoms with Crippen molar-refractivity contribution in [2.75, 3.05) is 0 Å². The number of pyridine rings is 1. The van der Waals surface area contributed by atoms with E-state index in [9.17, 15) is 23.2 Å². The van der Waals surface area contributed by atoms with Gasteiger partial charge in [-0.05, 0) is 13.0 Å². The second-order valence-electron chi connectivity index (χ2n) is 4.69. The van der Waals surface area contributed by atoms with Crippen molar-refractivity contribution in [3.8, 4) is 0 Å². The maximum Gasteiger partial charge on any atom is 0.492 e. The molecule has 21 heavy (non-hydrogen) atoms. The number of para-hydroxylation sites is 1. The summed E-state index contributed by atoms with van der Waals surface area (Å²) >= 11 is 0. The molecule has 0 fully saturated rings. The number of benzene rings is 1. The maximum atomic E-state index is 13.2. The first-order chi connectivity index (χ1) is 9.79. The van der Waals surface area contributed by atoms with Gasteiger partial charge in [0, 0.05) is 16.5 Å². The summed E-state index contributed by atoms with van der Waals surface area (Å²) < 4.78 is 44.9. The van der Waals surface area contributed by atoms with Gasteiger partial charge in [0.15, 0.2) is 0 Å². The van der Waals surface area contributed by atoms with Crippen molar-refractivity contribution in [2.24, 2.45) is 0 Å². The van der Waals surface area contributed by atoms with Gasteiger partial charge >= 0.3 is 13.3 Å². The molecule has 8 heteroatoms.